The Morgan fingerprint density at radius 1 is 1.17 bits per heavy atom. The Morgan fingerprint density at radius 2 is 1.96 bits per heavy atom. The minimum atomic E-state index is -0.130. The molecule has 3 rings (SSSR count). The maximum absolute atomic E-state index is 12.7. The topological polar surface area (TPSA) is 42.0 Å². The lowest BCUT2D eigenvalue weighted by molar-refractivity contribution is -0.117. The van der Waals surface area contributed by atoms with E-state index in [4.69, 9.17) is 0 Å². The summed E-state index contributed by atoms with van der Waals surface area (Å²) < 4.78 is 1.10. The molecule has 2 aromatic carbocycles. The molecule has 1 heterocycles. The summed E-state index contributed by atoms with van der Waals surface area (Å²) in [5.41, 5.74) is 3.16. The second-order valence-corrected chi connectivity index (χ2v) is 6.71. The third-order valence-electron chi connectivity index (χ3n) is 3.95. The molecular weight excluding hydrogens is 304 g/mol. The van der Waals surface area contributed by atoms with E-state index in [-0.39, 0.29) is 11.8 Å². The summed E-state index contributed by atoms with van der Waals surface area (Å²) in [6.45, 7) is 4.14. The Labute approximate surface area is 140 Å². The highest BCUT2D eigenvalue weighted by molar-refractivity contribution is 7.22. The van der Waals surface area contributed by atoms with Gasteiger partial charge in [-0.25, -0.2) is 4.98 Å². The summed E-state index contributed by atoms with van der Waals surface area (Å²) in [5.74, 6) is -0.107. The number of aromatic nitrogens is 1. The summed E-state index contributed by atoms with van der Waals surface area (Å²) >= 11 is 1.53. The maximum Gasteiger partial charge on any atom is 0.233 e. The van der Waals surface area contributed by atoms with Crippen molar-refractivity contribution in [1.29, 1.82) is 0 Å². The van der Waals surface area contributed by atoms with Crippen molar-refractivity contribution in [1.82, 2.24) is 4.98 Å². The van der Waals surface area contributed by atoms with E-state index < -0.39 is 0 Å². The van der Waals surface area contributed by atoms with Gasteiger partial charge < -0.3 is 5.32 Å². The zero-order valence-electron chi connectivity index (χ0n) is 13.4. The van der Waals surface area contributed by atoms with Crippen LogP contribution < -0.4 is 5.32 Å². The number of carbonyl (C=O) groups excluding carboxylic acids is 1. The average Bonchev–Trinajstić information content (AvgIpc) is 2.97. The number of anilines is 1. The molecule has 118 valence electrons. The van der Waals surface area contributed by atoms with Crippen LogP contribution in [0, 0.1) is 6.92 Å². The molecule has 0 aliphatic rings. The number of para-hydroxylation sites is 1. The molecule has 0 fully saturated rings. The minimum absolute atomic E-state index is 0.0229. The molecule has 3 nitrogen and oxygen atoms in total. The second kappa shape index (κ2) is 6.92. The van der Waals surface area contributed by atoms with E-state index in [1.165, 1.54) is 11.3 Å². The summed E-state index contributed by atoms with van der Waals surface area (Å²) in [4.78, 5) is 17.3. The standard InChI is InChI=1S/C19H20N2OS/c1-3-8-15(14-10-5-4-6-11-14)18(22)21-19-20-17-13(2)9-7-12-16(17)23-19/h4-7,9-12,15H,3,8H2,1-2H3,(H,20,21,22)/t15-/m1/s1. The third-order valence-corrected chi connectivity index (χ3v) is 4.88. The van der Waals surface area contributed by atoms with Crippen molar-refractivity contribution in [2.75, 3.05) is 5.32 Å². The van der Waals surface area contributed by atoms with Crippen molar-refractivity contribution >= 4 is 32.6 Å². The van der Waals surface area contributed by atoms with Gasteiger partial charge in [-0.1, -0.05) is 67.1 Å². The number of benzene rings is 2. The molecule has 0 aliphatic heterocycles. The van der Waals surface area contributed by atoms with Crippen molar-refractivity contribution in [3.63, 3.8) is 0 Å². The maximum atomic E-state index is 12.7. The summed E-state index contributed by atoms with van der Waals surface area (Å²) in [6, 6.07) is 16.1. The molecular formula is C19H20N2OS. The first-order valence-corrected chi connectivity index (χ1v) is 8.72. The van der Waals surface area contributed by atoms with Gasteiger partial charge in [-0.2, -0.15) is 0 Å². The first kappa shape index (κ1) is 15.7. The zero-order valence-corrected chi connectivity index (χ0v) is 14.2. The van der Waals surface area contributed by atoms with Gasteiger partial charge >= 0.3 is 0 Å². The van der Waals surface area contributed by atoms with E-state index in [1.807, 2.05) is 55.5 Å². The number of hydrogen-bond donors (Lipinski definition) is 1. The van der Waals surface area contributed by atoms with Crippen LogP contribution in [0.2, 0.25) is 0 Å². The Kier molecular flexibility index (Phi) is 4.72. The number of aryl methyl sites for hydroxylation is 1. The zero-order chi connectivity index (χ0) is 16.2. The smallest absolute Gasteiger partial charge is 0.233 e. The van der Waals surface area contributed by atoms with E-state index in [9.17, 15) is 4.79 Å². The minimum Gasteiger partial charge on any atom is -0.301 e. The molecule has 1 amide bonds. The number of nitrogens with zero attached hydrogens (tertiary/aromatic N) is 1. The molecule has 1 N–H and O–H groups in total. The number of hydrogen-bond acceptors (Lipinski definition) is 3. The number of amides is 1. The van der Waals surface area contributed by atoms with Crippen LogP contribution in [0.25, 0.3) is 10.2 Å². The van der Waals surface area contributed by atoms with Crippen molar-refractivity contribution in [2.45, 2.75) is 32.6 Å². The van der Waals surface area contributed by atoms with Gasteiger partial charge in [0.1, 0.15) is 0 Å². The van der Waals surface area contributed by atoms with Gasteiger partial charge in [-0.3, -0.25) is 4.79 Å². The third kappa shape index (κ3) is 3.42. The predicted octanol–water partition coefficient (Wildman–Crippen LogP) is 5.13. The van der Waals surface area contributed by atoms with E-state index in [2.05, 4.69) is 17.2 Å². The van der Waals surface area contributed by atoms with Crippen molar-refractivity contribution in [3.8, 4) is 0 Å². The average molecular weight is 324 g/mol. The monoisotopic (exact) mass is 324 g/mol. The number of rotatable bonds is 5. The SMILES string of the molecule is CCC[C@@H](C(=O)Nc1nc2c(C)cccc2s1)c1ccccc1. The molecule has 0 radical (unpaired) electrons. The number of fused-ring (bicyclic) bond motifs is 1. The lowest BCUT2D eigenvalue weighted by Gasteiger charge is -2.15. The van der Waals surface area contributed by atoms with Crippen LogP contribution in [-0.2, 0) is 4.79 Å². The van der Waals surface area contributed by atoms with Crippen LogP contribution >= 0.6 is 11.3 Å². The molecule has 0 saturated carbocycles. The molecule has 0 bridgehead atoms. The summed E-state index contributed by atoms with van der Waals surface area (Å²) in [5, 5.41) is 3.69. The Bertz CT molecular complexity index is 811. The van der Waals surface area contributed by atoms with E-state index in [0.717, 1.165) is 34.2 Å². The Morgan fingerprint density at radius 3 is 2.65 bits per heavy atom. The number of nitrogens with one attached hydrogen (secondary N) is 1. The highest BCUT2D eigenvalue weighted by Gasteiger charge is 2.21. The van der Waals surface area contributed by atoms with Gasteiger partial charge in [-0.15, -0.1) is 0 Å². The van der Waals surface area contributed by atoms with Gasteiger partial charge in [0.15, 0.2) is 5.13 Å². The molecule has 0 spiro atoms. The molecule has 4 heteroatoms. The van der Waals surface area contributed by atoms with E-state index in [1.54, 1.807) is 0 Å². The molecule has 0 unspecified atom stereocenters. The summed E-state index contributed by atoms with van der Waals surface area (Å²) in [6.07, 6.45) is 1.80. The fraction of sp³-hybridized carbons (Fsp3) is 0.263. The first-order valence-electron chi connectivity index (χ1n) is 7.91. The highest BCUT2D eigenvalue weighted by atomic mass is 32.1. The molecule has 0 aliphatic carbocycles. The fourth-order valence-electron chi connectivity index (χ4n) is 2.76. The van der Waals surface area contributed by atoms with Crippen LogP contribution in [0.15, 0.2) is 48.5 Å². The van der Waals surface area contributed by atoms with Crippen molar-refractivity contribution in [2.24, 2.45) is 0 Å². The van der Waals surface area contributed by atoms with Crippen LogP contribution in [-0.4, -0.2) is 10.9 Å². The van der Waals surface area contributed by atoms with Gasteiger partial charge in [0.05, 0.1) is 16.1 Å². The van der Waals surface area contributed by atoms with Gasteiger partial charge in [0.25, 0.3) is 0 Å². The largest absolute Gasteiger partial charge is 0.301 e. The Hall–Kier alpha value is -2.20. The quantitative estimate of drug-likeness (QED) is 0.707. The molecule has 23 heavy (non-hydrogen) atoms. The lowest BCUT2D eigenvalue weighted by Crippen LogP contribution is -2.21. The fourth-order valence-corrected chi connectivity index (χ4v) is 3.70. The van der Waals surface area contributed by atoms with Crippen molar-refractivity contribution < 1.29 is 4.79 Å². The van der Waals surface area contributed by atoms with Crippen LogP contribution in [0.1, 0.15) is 36.8 Å². The molecule has 3 aromatic rings. The first-order chi connectivity index (χ1) is 11.2. The van der Waals surface area contributed by atoms with Gasteiger partial charge in [-0.05, 0) is 30.5 Å². The molecule has 1 aromatic heterocycles. The summed E-state index contributed by atoms with van der Waals surface area (Å²) in [7, 11) is 0. The van der Waals surface area contributed by atoms with E-state index in [0.29, 0.717) is 5.13 Å². The van der Waals surface area contributed by atoms with Gasteiger partial charge in [0.2, 0.25) is 5.91 Å². The number of carbonyl (C=O) groups is 1. The molecule has 0 saturated heterocycles. The van der Waals surface area contributed by atoms with Crippen molar-refractivity contribution in [3.05, 3.63) is 59.7 Å². The lowest BCUT2D eigenvalue weighted by atomic mass is 9.94. The normalized spacial score (nSPS) is 12.3. The van der Waals surface area contributed by atoms with Crippen LogP contribution in [0.4, 0.5) is 5.13 Å². The predicted molar refractivity (Wildman–Crippen MR) is 97.1 cm³/mol. The van der Waals surface area contributed by atoms with Crippen LogP contribution in [0.5, 0.6) is 0 Å². The number of thiazole rings is 1. The van der Waals surface area contributed by atoms with Crippen LogP contribution in [0.3, 0.4) is 0 Å². The second-order valence-electron chi connectivity index (χ2n) is 5.68. The molecule has 1 atom stereocenters. The highest BCUT2D eigenvalue weighted by Crippen LogP contribution is 2.29. The van der Waals surface area contributed by atoms with E-state index >= 15 is 0 Å². The van der Waals surface area contributed by atoms with Gasteiger partial charge in [0, 0.05) is 0 Å². The Balaban J connectivity index is 1.84.